The van der Waals surface area contributed by atoms with E-state index in [0.29, 0.717) is 173 Å². The number of rotatable bonds is 0. The molecule has 0 saturated carbocycles. The number of hydrogen-bond acceptors (Lipinski definition) is 6. The van der Waals surface area contributed by atoms with Crippen LogP contribution in [-0.4, -0.2) is 203 Å². The van der Waals surface area contributed by atoms with Gasteiger partial charge in [-0.05, 0) is 0 Å². The molecule has 6 nitrogen and oxygen atoms in total. The second kappa shape index (κ2) is 10.2. The van der Waals surface area contributed by atoms with Crippen LogP contribution in [0.25, 0.3) is 66.2 Å². The predicted molar refractivity (Wildman–Crippen MR) is 155 cm³/mol. The molecule has 0 bridgehead atoms. The van der Waals surface area contributed by atoms with Crippen LogP contribution in [0.5, 0.6) is 0 Å². The van der Waals surface area contributed by atoms with Crippen LogP contribution in [0, 0.1) is 13.8 Å². The molecule has 3 aromatic heterocycles. The van der Waals surface area contributed by atoms with E-state index in [-0.39, 0.29) is 0 Å². The zero-order valence-electron chi connectivity index (χ0n) is 21.1. The van der Waals surface area contributed by atoms with Crippen LogP contribution in [0.15, 0.2) is 36.4 Å². The van der Waals surface area contributed by atoms with E-state index >= 15 is 0 Å². The Morgan fingerprint density at radius 1 is 0.361 bits per heavy atom. The molecule has 7 rings (SSSR count). The van der Waals surface area contributed by atoms with Crippen molar-refractivity contribution in [1.82, 2.24) is 29.9 Å². The average molecular weight is 763 g/mol. The second-order valence-electron chi connectivity index (χ2n) is 10.0. The molecule has 0 radical (unpaired) electrons. The topological polar surface area (TPSA) is 77.3 Å². The van der Waals surface area contributed by atoms with E-state index in [2.05, 4.69) is 50.2 Å². The van der Waals surface area contributed by atoms with Gasteiger partial charge >= 0.3 is 333 Å². The van der Waals surface area contributed by atoms with Gasteiger partial charge in [-0.25, -0.2) is 0 Å². The van der Waals surface area contributed by atoms with Crippen molar-refractivity contribution in [3.8, 4) is 0 Å². The maximum atomic E-state index is 5.16. The van der Waals surface area contributed by atoms with Gasteiger partial charge in [0.05, 0.1) is 0 Å². The maximum absolute atomic E-state index is 5.16. The van der Waals surface area contributed by atoms with Crippen molar-refractivity contribution in [2.24, 2.45) is 0 Å². The van der Waals surface area contributed by atoms with Crippen LogP contribution in [0.1, 0.15) is 11.1 Å². The summed E-state index contributed by atoms with van der Waals surface area (Å²) in [6.45, 7) is 4.23. The summed E-state index contributed by atoms with van der Waals surface area (Å²) in [6, 6.07) is 13.2. The monoisotopic (exact) mass is 764 g/mol. The van der Waals surface area contributed by atoms with Gasteiger partial charge in [0.1, 0.15) is 0 Å². The van der Waals surface area contributed by atoms with E-state index in [1.54, 1.807) is 0 Å². The number of benzene rings is 4. The fourth-order valence-electron chi connectivity index (χ4n) is 4.93. The first-order chi connectivity index (χ1) is 17.3. The van der Waals surface area contributed by atoms with Crippen molar-refractivity contribution in [2.75, 3.05) is 0 Å². The Balaban J connectivity index is 1.76. The molecule has 0 saturated heterocycles. The van der Waals surface area contributed by atoms with Crippen LogP contribution in [0.3, 0.4) is 0 Å². The summed E-state index contributed by atoms with van der Waals surface area (Å²) < 4.78 is 5.98. The molecular weight excluding hydrogens is 747 g/mol. The third kappa shape index (κ3) is 4.47. The summed E-state index contributed by atoms with van der Waals surface area (Å²) in [7, 11) is 0. The van der Waals surface area contributed by atoms with Gasteiger partial charge in [-0.2, -0.15) is 0 Å². The van der Waals surface area contributed by atoms with Gasteiger partial charge in [0.2, 0.25) is 0 Å². The molecule has 3 heterocycles. The van der Waals surface area contributed by atoms with Crippen LogP contribution in [-0.2, 0) is 0 Å². The molecule has 0 aliphatic carbocycles. The van der Waals surface area contributed by atoms with Crippen molar-refractivity contribution in [3.63, 3.8) is 0 Å². The van der Waals surface area contributed by atoms with Gasteiger partial charge < -0.3 is 0 Å². The minimum atomic E-state index is 0.431. The Bertz CT molecular complexity index is 1710. The Morgan fingerprint density at radius 3 is 0.778 bits per heavy atom. The molecule has 36 heavy (non-hydrogen) atoms. The van der Waals surface area contributed by atoms with Crippen molar-refractivity contribution in [2.45, 2.75) is 13.8 Å². The third-order valence-corrected chi connectivity index (χ3v) is 30.2. The van der Waals surface area contributed by atoms with E-state index in [1.807, 2.05) is 0 Å². The molecule has 0 aliphatic heterocycles. The summed E-state index contributed by atoms with van der Waals surface area (Å²) in [4.78, 5) is 30.9. The second-order valence-corrected chi connectivity index (χ2v) is 20.6. The molecule has 0 atom stereocenters. The summed E-state index contributed by atoms with van der Waals surface area (Å²) >= 11 is 1.73. The molecular formula is C26H16N6Sr4. The van der Waals surface area contributed by atoms with Gasteiger partial charge in [-0.3, -0.25) is 0 Å². The molecule has 0 aliphatic rings. The van der Waals surface area contributed by atoms with Crippen LogP contribution < -0.4 is 2.14 Å². The predicted octanol–water partition coefficient (Wildman–Crippen LogP) is -0.303. The average Bonchev–Trinajstić information content (AvgIpc) is 2.84. The molecule has 7 aromatic rings. The van der Waals surface area contributed by atoms with E-state index in [1.165, 1.54) is 13.3 Å². The van der Waals surface area contributed by atoms with E-state index in [0.717, 1.165) is 66.2 Å². The van der Waals surface area contributed by atoms with E-state index in [4.69, 9.17) is 29.9 Å². The standard InChI is InChI=1S/C26H12N6.4Sr.4H/c1-13-11-19-20(12-14(13)2)32-26-24-22(28-16-8-4-6-10-18(16)30-24)21-23(25(26)31-19)29-17-9-5-3-7-15(17)27-21;;;;;;;;/h7-12H,1-2H3;;;;;;;;. The zero-order chi connectivity index (χ0) is 24.9. The van der Waals surface area contributed by atoms with Crippen LogP contribution >= 0.6 is 0 Å². The van der Waals surface area contributed by atoms with Crippen molar-refractivity contribution in [3.05, 3.63) is 47.5 Å². The number of aromatic nitrogens is 6. The molecule has 4 aromatic carbocycles. The Kier molecular flexibility index (Phi) is 7.47. The van der Waals surface area contributed by atoms with Crippen molar-refractivity contribution >= 4 is 241 Å². The van der Waals surface area contributed by atoms with Gasteiger partial charge in [-0.1, -0.05) is 0 Å². The fourth-order valence-corrected chi connectivity index (χ4v) is 9.03. The third-order valence-electron chi connectivity index (χ3n) is 7.51. The normalized spacial score (nSPS) is 11.9. The van der Waals surface area contributed by atoms with E-state index in [9.17, 15) is 0 Å². The van der Waals surface area contributed by atoms with E-state index < -0.39 is 0 Å². The molecule has 0 unspecified atom stereocenters. The fraction of sp³-hybridized carbons (Fsp3) is 0.0769. The first-order valence-corrected chi connectivity index (χ1v) is 22.0. The Morgan fingerprint density at radius 2 is 0.556 bits per heavy atom. The summed E-state index contributed by atoms with van der Waals surface area (Å²) in [5.74, 6) is 0. The molecule has 158 valence electrons. The van der Waals surface area contributed by atoms with Crippen LogP contribution in [0.2, 0.25) is 0 Å². The number of nitrogens with zero attached hydrogens (tertiary/aromatic N) is 6. The number of hydrogen-bond donors (Lipinski definition) is 0. The first-order valence-electron chi connectivity index (χ1n) is 12.1. The molecule has 0 amide bonds. The Labute approximate surface area is 324 Å². The zero-order valence-corrected chi connectivity index (χ0v) is 40.8. The molecule has 0 N–H and O–H groups in total. The quantitative estimate of drug-likeness (QED) is 0.120. The van der Waals surface area contributed by atoms with Gasteiger partial charge in [0.15, 0.2) is 0 Å². The minimum absolute atomic E-state index is 0.431. The van der Waals surface area contributed by atoms with Crippen molar-refractivity contribution < 1.29 is 0 Å². The summed E-state index contributed by atoms with van der Waals surface area (Å²) in [5, 5.41) is 0. The summed E-state index contributed by atoms with van der Waals surface area (Å²) in [6.07, 6.45) is 0. The molecule has 0 fully saturated rings. The van der Waals surface area contributed by atoms with Crippen LogP contribution in [0.4, 0.5) is 0 Å². The number of fused-ring (bicyclic) bond motifs is 9. The SMILES string of the molecule is Cc1cc2nc3c(nc2cc1C)c1nc2c[c]([SrH])[c]([SrH])cc2nc1c1nc2c[c]([SrH])[c]([SrH])cc2nc31. The van der Waals surface area contributed by atoms with Gasteiger partial charge in [0, 0.05) is 0 Å². The van der Waals surface area contributed by atoms with Gasteiger partial charge in [-0.15, -0.1) is 0 Å². The van der Waals surface area contributed by atoms with Crippen molar-refractivity contribution in [1.29, 1.82) is 0 Å². The molecule has 10 heteroatoms. The number of aryl methyl sites for hydroxylation is 2. The van der Waals surface area contributed by atoms with Gasteiger partial charge in [0.25, 0.3) is 0 Å². The molecule has 0 spiro atoms. The first kappa shape index (κ1) is 26.5. The summed E-state index contributed by atoms with van der Waals surface area (Å²) in [5.41, 5.74) is 12.6. The Hall–Kier alpha value is 1.60.